The molecule has 2 aromatic carbocycles. The molecule has 1 aliphatic heterocycles. The van der Waals surface area contributed by atoms with Crippen LogP contribution < -0.4 is 4.74 Å². The molecule has 4 rings (SSSR count). The lowest BCUT2D eigenvalue weighted by atomic mass is 10.0. The van der Waals surface area contributed by atoms with Gasteiger partial charge in [0, 0.05) is 29.1 Å². The first-order valence-electron chi connectivity index (χ1n) is 9.41. The van der Waals surface area contributed by atoms with Gasteiger partial charge in [0.1, 0.15) is 5.75 Å². The van der Waals surface area contributed by atoms with Crippen molar-refractivity contribution in [3.8, 4) is 17.0 Å². The van der Waals surface area contributed by atoms with Crippen molar-refractivity contribution in [2.45, 2.75) is 4.90 Å². The first-order valence-corrected chi connectivity index (χ1v) is 11.2. The van der Waals surface area contributed by atoms with E-state index in [0.29, 0.717) is 40.8 Å². The van der Waals surface area contributed by atoms with Crippen molar-refractivity contribution >= 4 is 38.5 Å². The van der Waals surface area contributed by atoms with E-state index in [4.69, 9.17) is 21.1 Å². The predicted molar refractivity (Wildman–Crippen MR) is 115 cm³/mol. The number of carbonyl (C=O) groups is 1. The van der Waals surface area contributed by atoms with Crippen LogP contribution in [0.3, 0.4) is 0 Å². The molecule has 31 heavy (non-hydrogen) atoms. The molecule has 0 radical (unpaired) electrons. The van der Waals surface area contributed by atoms with E-state index in [0.717, 1.165) is 0 Å². The molecule has 162 valence electrons. The standard InChI is InChI=1S/C21H19ClN2O6S/c1-29-20-5-2-13(22)10-17(20)19-12-16(21(25)26)15-11-14(3-4-18(15)23-19)31(27,28)24-6-8-30-9-7-24/h2-5,10-12H,6-9H2,1H3,(H,25,26). The summed E-state index contributed by atoms with van der Waals surface area (Å²) >= 11 is 6.11. The van der Waals surface area contributed by atoms with Crippen molar-refractivity contribution < 1.29 is 27.8 Å². The fraction of sp³-hybridized carbons (Fsp3) is 0.238. The summed E-state index contributed by atoms with van der Waals surface area (Å²) in [6.45, 7) is 1.13. The molecular formula is C21H19ClN2O6S. The minimum Gasteiger partial charge on any atom is -0.496 e. The number of aromatic carboxylic acids is 1. The van der Waals surface area contributed by atoms with Gasteiger partial charge in [-0.2, -0.15) is 4.31 Å². The van der Waals surface area contributed by atoms with E-state index in [1.807, 2.05) is 0 Å². The summed E-state index contributed by atoms with van der Waals surface area (Å²) in [7, 11) is -2.28. The number of hydrogen-bond donors (Lipinski definition) is 1. The van der Waals surface area contributed by atoms with Crippen LogP contribution in [0.5, 0.6) is 5.75 Å². The van der Waals surface area contributed by atoms with E-state index in [1.54, 1.807) is 18.2 Å². The Morgan fingerprint density at radius 3 is 2.58 bits per heavy atom. The average Bonchev–Trinajstić information content (AvgIpc) is 2.78. The molecule has 0 aliphatic carbocycles. The van der Waals surface area contributed by atoms with E-state index >= 15 is 0 Å². The largest absolute Gasteiger partial charge is 0.496 e. The third-order valence-electron chi connectivity index (χ3n) is 5.06. The number of halogens is 1. The molecule has 0 bridgehead atoms. The van der Waals surface area contributed by atoms with Crippen LogP contribution in [-0.4, -0.2) is 62.2 Å². The molecule has 2 heterocycles. The van der Waals surface area contributed by atoms with Crippen molar-refractivity contribution in [1.82, 2.24) is 9.29 Å². The third kappa shape index (κ3) is 4.09. The highest BCUT2D eigenvalue weighted by Gasteiger charge is 2.27. The fourth-order valence-corrected chi connectivity index (χ4v) is 5.10. The maximum absolute atomic E-state index is 13.0. The minimum atomic E-state index is -3.78. The molecule has 1 aromatic heterocycles. The van der Waals surface area contributed by atoms with Crippen molar-refractivity contribution in [1.29, 1.82) is 0 Å². The maximum atomic E-state index is 13.0. The van der Waals surface area contributed by atoms with Crippen LogP contribution in [0.15, 0.2) is 47.4 Å². The van der Waals surface area contributed by atoms with E-state index in [-0.39, 0.29) is 28.9 Å². The molecule has 1 N–H and O–H groups in total. The molecule has 8 nitrogen and oxygen atoms in total. The second-order valence-electron chi connectivity index (χ2n) is 6.90. The van der Waals surface area contributed by atoms with Gasteiger partial charge in [-0.15, -0.1) is 0 Å². The summed E-state index contributed by atoms with van der Waals surface area (Å²) in [6.07, 6.45) is 0. The molecule has 0 unspecified atom stereocenters. The van der Waals surface area contributed by atoms with Crippen LogP contribution in [0.2, 0.25) is 5.02 Å². The summed E-state index contributed by atoms with van der Waals surface area (Å²) in [5.74, 6) is -0.713. The Labute approximate surface area is 184 Å². The molecule has 0 spiro atoms. The van der Waals surface area contributed by atoms with Gasteiger partial charge in [0.15, 0.2) is 0 Å². The molecule has 0 atom stereocenters. The first kappa shape index (κ1) is 21.5. The number of nitrogens with zero attached hydrogens (tertiary/aromatic N) is 2. The van der Waals surface area contributed by atoms with Crippen LogP contribution in [0, 0.1) is 0 Å². The Bertz CT molecular complexity index is 1270. The second-order valence-corrected chi connectivity index (χ2v) is 9.27. The summed E-state index contributed by atoms with van der Waals surface area (Å²) in [6, 6.07) is 10.7. The summed E-state index contributed by atoms with van der Waals surface area (Å²) < 4.78 is 37.9. The molecule has 1 aliphatic rings. The van der Waals surface area contributed by atoms with Gasteiger partial charge >= 0.3 is 5.97 Å². The van der Waals surface area contributed by atoms with E-state index in [1.165, 1.54) is 35.7 Å². The van der Waals surface area contributed by atoms with Gasteiger partial charge in [0.25, 0.3) is 0 Å². The number of sulfonamides is 1. The van der Waals surface area contributed by atoms with Gasteiger partial charge in [0.05, 0.1) is 42.0 Å². The van der Waals surface area contributed by atoms with E-state index < -0.39 is 16.0 Å². The summed E-state index contributed by atoms with van der Waals surface area (Å²) in [5, 5.41) is 10.5. The molecule has 10 heteroatoms. The second kappa shape index (κ2) is 8.43. The van der Waals surface area contributed by atoms with Crippen LogP contribution in [0.1, 0.15) is 10.4 Å². The SMILES string of the molecule is COc1ccc(Cl)cc1-c1cc(C(=O)O)c2cc(S(=O)(=O)N3CCOCC3)ccc2n1. The van der Waals surface area contributed by atoms with Crippen molar-refractivity contribution in [3.05, 3.63) is 53.1 Å². The Morgan fingerprint density at radius 1 is 1.16 bits per heavy atom. The van der Waals surface area contributed by atoms with Gasteiger partial charge in [-0.3, -0.25) is 0 Å². The third-order valence-corrected chi connectivity index (χ3v) is 7.19. The molecule has 1 fully saturated rings. The Morgan fingerprint density at radius 2 is 1.90 bits per heavy atom. The molecule has 3 aromatic rings. The highest BCUT2D eigenvalue weighted by Crippen LogP contribution is 2.34. The number of hydrogen-bond acceptors (Lipinski definition) is 6. The topological polar surface area (TPSA) is 106 Å². The Kier molecular flexibility index (Phi) is 5.85. The number of pyridine rings is 1. The number of morpholine rings is 1. The van der Waals surface area contributed by atoms with Crippen molar-refractivity contribution in [2.75, 3.05) is 33.4 Å². The quantitative estimate of drug-likeness (QED) is 0.620. The van der Waals surface area contributed by atoms with E-state index in [2.05, 4.69) is 4.98 Å². The van der Waals surface area contributed by atoms with Gasteiger partial charge in [-0.1, -0.05) is 11.6 Å². The summed E-state index contributed by atoms with van der Waals surface area (Å²) in [4.78, 5) is 16.6. The van der Waals surface area contributed by atoms with Crippen LogP contribution in [0.25, 0.3) is 22.2 Å². The van der Waals surface area contributed by atoms with Gasteiger partial charge in [-0.25, -0.2) is 18.2 Å². The number of aromatic nitrogens is 1. The molecule has 1 saturated heterocycles. The van der Waals surface area contributed by atoms with Gasteiger partial charge in [-0.05, 0) is 42.5 Å². The Hall–Kier alpha value is -2.72. The van der Waals surface area contributed by atoms with Crippen LogP contribution in [0.4, 0.5) is 0 Å². The number of carboxylic acids is 1. The molecular weight excluding hydrogens is 444 g/mol. The van der Waals surface area contributed by atoms with Gasteiger partial charge in [0.2, 0.25) is 10.0 Å². The number of rotatable bonds is 5. The maximum Gasteiger partial charge on any atom is 0.336 e. The highest BCUT2D eigenvalue weighted by atomic mass is 35.5. The van der Waals surface area contributed by atoms with Crippen LogP contribution >= 0.6 is 11.6 Å². The van der Waals surface area contributed by atoms with Crippen LogP contribution in [-0.2, 0) is 14.8 Å². The van der Waals surface area contributed by atoms with Crippen molar-refractivity contribution in [3.63, 3.8) is 0 Å². The monoisotopic (exact) mass is 462 g/mol. The zero-order chi connectivity index (χ0) is 22.2. The number of methoxy groups -OCH3 is 1. The number of benzene rings is 2. The molecule has 0 amide bonds. The normalized spacial score (nSPS) is 15.2. The minimum absolute atomic E-state index is 0.0132. The Balaban J connectivity index is 1.88. The lowest BCUT2D eigenvalue weighted by molar-refractivity contribution is 0.0699. The first-order chi connectivity index (χ1) is 14.8. The number of fused-ring (bicyclic) bond motifs is 1. The van der Waals surface area contributed by atoms with Crippen molar-refractivity contribution in [2.24, 2.45) is 0 Å². The lowest BCUT2D eigenvalue weighted by Gasteiger charge is -2.26. The van der Waals surface area contributed by atoms with Gasteiger partial charge < -0.3 is 14.6 Å². The average molecular weight is 463 g/mol. The zero-order valence-corrected chi connectivity index (χ0v) is 18.1. The highest BCUT2D eigenvalue weighted by molar-refractivity contribution is 7.89. The molecule has 0 saturated carbocycles. The van der Waals surface area contributed by atoms with E-state index in [9.17, 15) is 18.3 Å². The number of carboxylic acid groups (broad SMARTS) is 1. The predicted octanol–water partition coefficient (Wildman–Crippen LogP) is 3.28. The number of ether oxygens (including phenoxy) is 2. The zero-order valence-electron chi connectivity index (χ0n) is 16.5. The smallest absolute Gasteiger partial charge is 0.336 e. The fourth-order valence-electron chi connectivity index (χ4n) is 3.50. The lowest BCUT2D eigenvalue weighted by Crippen LogP contribution is -2.40. The summed E-state index contributed by atoms with van der Waals surface area (Å²) in [5.41, 5.74) is 1.16.